The van der Waals surface area contributed by atoms with E-state index in [2.05, 4.69) is 41.1 Å². The highest BCUT2D eigenvalue weighted by Crippen LogP contribution is 2.29. The first-order chi connectivity index (χ1) is 17.9. The molecule has 0 spiro atoms. The molecule has 0 saturated carbocycles. The number of aromatic nitrogens is 4. The number of anilines is 1. The number of carbonyl (C=O) groups excluding carboxylic acids is 1. The zero-order valence-corrected chi connectivity index (χ0v) is 22.9. The Balaban J connectivity index is 1.75. The molecule has 4 aromatic rings. The van der Waals surface area contributed by atoms with Crippen molar-refractivity contribution in [1.29, 1.82) is 0 Å². The molecule has 0 aliphatic rings. The van der Waals surface area contributed by atoms with Gasteiger partial charge in [-0.3, -0.25) is 18.6 Å². The van der Waals surface area contributed by atoms with Gasteiger partial charge in [-0.05, 0) is 56.6 Å². The van der Waals surface area contributed by atoms with Crippen molar-refractivity contribution in [1.82, 2.24) is 29.8 Å². The van der Waals surface area contributed by atoms with Crippen LogP contribution in [0.25, 0.3) is 27.5 Å². The maximum absolute atomic E-state index is 13.2. The Morgan fingerprint density at radius 2 is 1.95 bits per heavy atom. The molecule has 196 valence electrons. The Hall–Kier alpha value is -3.19. The van der Waals surface area contributed by atoms with Gasteiger partial charge in [0.1, 0.15) is 5.82 Å². The molecule has 0 saturated heterocycles. The molecule has 0 fully saturated rings. The number of rotatable bonds is 11. The molecular weight excluding hydrogens is 510 g/mol. The van der Waals surface area contributed by atoms with Crippen molar-refractivity contribution in [3.05, 3.63) is 53.7 Å². The van der Waals surface area contributed by atoms with Crippen LogP contribution in [0.5, 0.6) is 0 Å². The number of hydrogen-bond donors (Lipinski definition) is 2. The third-order valence-electron chi connectivity index (χ3n) is 6.22. The minimum absolute atomic E-state index is 0.163. The highest BCUT2D eigenvalue weighted by molar-refractivity contribution is 7.80. The van der Waals surface area contributed by atoms with Gasteiger partial charge in [0.05, 0.1) is 28.0 Å². The molecule has 4 heterocycles. The van der Waals surface area contributed by atoms with E-state index < -0.39 is 11.3 Å². The van der Waals surface area contributed by atoms with Gasteiger partial charge in [-0.1, -0.05) is 19.9 Å². The number of fused-ring (bicyclic) bond motifs is 1. The van der Waals surface area contributed by atoms with E-state index in [-0.39, 0.29) is 24.3 Å². The molecular formula is C25H31N7O3S2. The largest absolute Gasteiger partial charge is 0.350 e. The van der Waals surface area contributed by atoms with Crippen molar-refractivity contribution in [2.45, 2.75) is 33.7 Å². The Labute approximate surface area is 222 Å². The van der Waals surface area contributed by atoms with Crippen molar-refractivity contribution in [2.75, 3.05) is 30.5 Å². The Morgan fingerprint density at radius 3 is 2.59 bits per heavy atom. The van der Waals surface area contributed by atoms with E-state index in [1.165, 1.54) is 10.4 Å². The number of amides is 1. The maximum atomic E-state index is 13.2. The van der Waals surface area contributed by atoms with Crippen LogP contribution in [0.3, 0.4) is 0 Å². The zero-order chi connectivity index (χ0) is 26.5. The number of hydrogen-bond acceptors (Lipinski definition) is 7. The van der Waals surface area contributed by atoms with Gasteiger partial charge in [0, 0.05) is 30.9 Å². The summed E-state index contributed by atoms with van der Waals surface area (Å²) in [6, 6.07) is 9.23. The number of nitrogens with zero attached hydrogens (tertiary/aromatic N) is 6. The first-order valence-electron chi connectivity index (χ1n) is 12.2. The van der Waals surface area contributed by atoms with Crippen LogP contribution in [0.1, 0.15) is 38.1 Å². The molecule has 4 rings (SSSR count). The molecule has 10 nitrogen and oxygen atoms in total. The lowest BCUT2D eigenvalue weighted by molar-refractivity contribution is 0.0938. The summed E-state index contributed by atoms with van der Waals surface area (Å²) < 4.78 is 24.7. The summed E-state index contributed by atoms with van der Waals surface area (Å²) in [6.45, 7) is 10.5. The second-order valence-electron chi connectivity index (χ2n) is 8.42. The normalized spacial score (nSPS) is 13.1. The summed E-state index contributed by atoms with van der Waals surface area (Å²) >= 11 is -0.716. The van der Waals surface area contributed by atoms with Gasteiger partial charge in [0.2, 0.25) is 0 Å². The van der Waals surface area contributed by atoms with Gasteiger partial charge >= 0.3 is 0 Å². The molecule has 0 aromatic carbocycles. The van der Waals surface area contributed by atoms with Crippen LogP contribution in [-0.4, -0.2) is 71.4 Å². The smallest absolute Gasteiger partial charge is 0.263 e. The van der Waals surface area contributed by atoms with E-state index in [0.717, 1.165) is 23.7 Å². The lowest BCUT2D eigenvalue weighted by Gasteiger charge is -2.26. The summed E-state index contributed by atoms with van der Waals surface area (Å²) in [5, 5.41) is 9.40. The second kappa shape index (κ2) is 11.9. The van der Waals surface area contributed by atoms with Crippen LogP contribution in [0, 0.1) is 0 Å². The summed E-state index contributed by atoms with van der Waals surface area (Å²) in [4.78, 5) is 25.9. The van der Waals surface area contributed by atoms with Crippen molar-refractivity contribution in [3.8, 4) is 21.8 Å². The van der Waals surface area contributed by atoms with Gasteiger partial charge in [0.15, 0.2) is 5.65 Å². The highest BCUT2D eigenvalue weighted by Gasteiger charge is 2.20. The van der Waals surface area contributed by atoms with Crippen LogP contribution in [0.2, 0.25) is 0 Å². The predicted octanol–water partition coefficient (Wildman–Crippen LogP) is 3.94. The second-order valence-corrected chi connectivity index (χ2v) is 10.3. The third-order valence-corrected chi connectivity index (χ3v) is 7.93. The summed E-state index contributed by atoms with van der Waals surface area (Å²) in [5.41, 5.74) is 2.77. The number of nitrogens with one attached hydrogen (secondary N) is 1. The average molecular weight is 542 g/mol. The summed E-state index contributed by atoms with van der Waals surface area (Å²) in [7, 11) is 0. The highest BCUT2D eigenvalue weighted by atomic mass is 32.2. The lowest BCUT2D eigenvalue weighted by atomic mass is 10.1. The third kappa shape index (κ3) is 5.87. The SMILES string of the molecule is CCN(CC)[C@@H](C)CNC(=O)c1cc(-c2cnn3ccc(-c4cccs4)nc23)nc(N(CC)S(=O)O)c1. The van der Waals surface area contributed by atoms with Crippen molar-refractivity contribution >= 4 is 40.0 Å². The Morgan fingerprint density at radius 1 is 1.16 bits per heavy atom. The van der Waals surface area contributed by atoms with E-state index >= 15 is 0 Å². The number of thiophene rings is 1. The van der Waals surface area contributed by atoms with Crippen molar-refractivity contribution in [2.24, 2.45) is 0 Å². The molecule has 1 amide bonds. The van der Waals surface area contributed by atoms with Gasteiger partial charge < -0.3 is 5.32 Å². The standard InChI is InChI=1S/C25H31N7O3S2/c1-5-30(6-2)17(4)15-26-25(33)18-13-21(28-23(14-18)32(7-3)37(34)35)19-16-27-31-11-10-20(29-24(19)31)22-9-8-12-36-22/h8-14,16-17H,5-7,15H2,1-4H3,(H,26,33)(H,34,35)/t17-/m0/s1. The van der Waals surface area contributed by atoms with Gasteiger partial charge in [-0.25, -0.2) is 18.7 Å². The molecule has 1 unspecified atom stereocenters. The van der Waals surface area contributed by atoms with Crippen LogP contribution >= 0.6 is 11.3 Å². The van der Waals surface area contributed by atoms with E-state index in [9.17, 15) is 13.6 Å². The fourth-order valence-corrected chi connectivity index (χ4v) is 5.36. The van der Waals surface area contributed by atoms with Crippen LogP contribution in [0.4, 0.5) is 5.82 Å². The first-order valence-corrected chi connectivity index (χ1v) is 14.1. The topological polar surface area (TPSA) is 116 Å². The molecule has 0 bridgehead atoms. The minimum Gasteiger partial charge on any atom is -0.350 e. The van der Waals surface area contributed by atoms with Crippen molar-refractivity contribution < 1.29 is 13.6 Å². The van der Waals surface area contributed by atoms with Gasteiger partial charge in [-0.2, -0.15) is 5.10 Å². The lowest BCUT2D eigenvalue weighted by Crippen LogP contribution is -2.42. The number of pyridine rings is 1. The molecule has 2 N–H and O–H groups in total. The predicted molar refractivity (Wildman–Crippen MR) is 148 cm³/mol. The molecule has 12 heteroatoms. The molecule has 0 aliphatic carbocycles. The fourth-order valence-electron chi connectivity index (χ4n) is 4.19. The zero-order valence-electron chi connectivity index (χ0n) is 21.3. The molecule has 4 aromatic heterocycles. The van der Waals surface area contributed by atoms with Crippen LogP contribution < -0.4 is 9.62 Å². The molecule has 0 aliphatic heterocycles. The van der Waals surface area contributed by atoms with E-state index in [1.54, 1.807) is 35.0 Å². The van der Waals surface area contributed by atoms with Crippen LogP contribution in [-0.2, 0) is 11.3 Å². The van der Waals surface area contributed by atoms with Gasteiger partial charge in [0.25, 0.3) is 17.2 Å². The van der Waals surface area contributed by atoms with Crippen molar-refractivity contribution in [3.63, 3.8) is 0 Å². The average Bonchev–Trinajstić information content (AvgIpc) is 3.58. The summed E-state index contributed by atoms with van der Waals surface area (Å²) in [6.07, 6.45) is 3.47. The number of likely N-dealkylation sites (N-methyl/N-ethyl adjacent to an activating group) is 1. The maximum Gasteiger partial charge on any atom is 0.263 e. The molecule has 0 radical (unpaired) electrons. The monoisotopic (exact) mass is 541 g/mol. The minimum atomic E-state index is -2.30. The fraction of sp³-hybridized carbons (Fsp3) is 0.360. The first kappa shape index (κ1) is 26.9. The summed E-state index contributed by atoms with van der Waals surface area (Å²) in [5.74, 6) is -0.0658. The Kier molecular flexibility index (Phi) is 8.64. The van der Waals surface area contributed by atoms with E-state index in [4.69, 9.17) is 4.98 Å². The van der Waals surface area contributed by atoms with Gasteiger partial charge in [-0.15, -0.1) is 11.3 Å². The molecule has 37 heavy (non-hydrogen) atoms. The molecule has 2 atom stereocenters. The van der Waals surface area contributed by atoms with Crippen LogP contribution in [0.15, 0.2) is 48.1 Å². The van der Waals surface area contributed by atoms with E-state index in [0.29, 0.717) is 29.0 Å². The Bertz CT molecular complexity index is 1390. The van der Waals surface area contributed by atoms with E-state index in [1.807, 2.05) is 29.8 Å². The number of carbonyl (C=O) groups is 1. The quantitative estimate of drug-likeness (QED) is 0.276.